The molecule has 4 aromatic carbocycles. The molecular weight excluding hydrogens is 596 g/mol. The first kappa shape index (κ1) is 29.3. The molecule has 220 valence electrons. The Labute approximate surface area is 247 Å². The van der Waals surface area contributed by atoms with Gasteiger partial charge in [-0.25, -0.2) is 16.8 Å². The molecule has 0 atom stereocenters. The molecule has 5 rings (SSSR count). The first-order valence-electron chi connectivity index (χ1n) is 12.5. The minimum Gasteiger partial charge on any atom is -0.508 e. The van der Waals surface area contributed by atoms with Crippen molar-refractivity contribution >= 4 is 25.6 Å². The maximum atomic E-state index is 12.9. The number of phenolic OH excluding ortho intramolecular Hbond substituents is 2. The Kier molecular flexibility index (Phi) is 7.89. The first-order chi connectivity index (χ1) is 20.4. The quantitative estimate of drug-likeness (QED) is 0.235. The SMILES string of the molecule is CN(C)c1nc(Oc2ccc(S(=O)(=O)c3ccc(O)cc3)cc2)nc(Oc2ccc(S(=O)(=O)c3ccc(O)cc3)cc2)n1. The molecule has 14 heteroatoms. The molecule has 1 heterocycles. The molecule has 43 heavy (non-hydrogen) atoms. The summed E-state index contributed by atoms with van der Waals surface area (Å²) < 4.78 is 63.1. The van der Waals surface area contributed by atoms with E-state index in [1.54, 1.807) is 19.0 Å². The molecule has 0 saturated heterocycles. The number of aromatic hydroxyl groups is 2. The average molecular weight is 621 g/mol. The monoisotopic (exact) mass is 620 g/mol. The van der Waals surface area contributed by atoms with Gasteiger partial charge < -0.3 is 24.6 Å². The lowest BCUT2D eigenvalue weighted by molar-refractivity contribution is 0.397. The van der Waals surface area contributed by atoms with Gasteiger partial charge in [-0.05, 0) is 97.1 Å². The van der Waals surface area contributed by atoms with Gasteiger partial charge in [0.05, 0.1) is 19.6 Å². The summed E-state index contributed by atoms with van der Waals surface area (Å²) in [5.74, 6) is 0.607. The molecule has 0 aliphatic rings. The standard InChI is InChI=1S/C29H24N4O8S2/c1-33(2)27-30-28(40-21-7-15-25(16-8-21)42(36,37)23-11-3-19(34)4-12-23)32-29(31-27)41-22-9-17-26(18-10-22)43(38,39)24-13-5-20(35)6-14-24/h3-18,34-35H,1-2H3. The summed E-state index contributed by atoms with van der Waals surface area (Å²) in [5, 5.41) is 18.9. The Hall–Kier alpha value is -5.21. The van der Waals surface area contributed by atoms with Gasteiger partial charge in [-0.15, -0.1) is 4.98 Å². The summed E-state index contributed by atoms with van der Waals surface area (Å²) >= 11 is 0. The highest BCUT2D eigenvalue weighted by Gasteiger charge is 2.20. The van der Waals surface area contributed by atoms with E-state index in [4.69, 9.17) is 9.47 Å². The maximum absolute atomic E-state index is 12.9. The van der Waals surface area contributed by atoms with Crippen molar-refractivity contribution in [3.63, 3.8) is 0 Å². The summed E-state index contributed by atoms with van der Waals surface area (Å²) in [6.07, 6.45) is 0. The van der Waals surface area contributed by atoms with Gasteiger partial charge in [0.1, 0.15) is 23.0 Å². The second-order valence-electron chi connectivity index (χ2n) is 9.24. The molecule has 12 nitrogen and oxygen atoms in total. The number of nitrogens with zero attached hydrogens (tertiary/aromatic N) is 4. The number of anilines is 1. The van der Waals surface area contributed by atoms with E-state index < -0.39 is 19.7 Å². The van der Waals surface area contributed by atoms with E-state index in [9.17, 15) is 27.0 Å². The lowest BCUT2D eigenvalue weighted by Gasteiger charge is -2.13. The summed E-state index contributed by atoms with van der Waals surface area (Å²) in [6.45, 7) is 0. The van der Waals surface area contributed by atoms with Crippen LogP contribution in [0.5, 0.6) is 35.0 Å². The normalized spacial score (nSPS) is 11.6. The Morgan fingerprint density at radius 3 is 1.12 bits per heavy atom. The van der Waals surface area contributed by atoms with E-state index in [1.165, 1.54) is 97.1 Å². The number of benzene rings is 4. The van der Waals surface area contributed by atoms with Gasteiger partial charge in [0, 0.05) is 14.1 Å². The van der Waals surface area contributed by atoms with E-state index in [2.05, 4.69) is 15.0 Å². The molecular formula is C29H24N4O8S2. The summed E-state index contributed by atoms with van der Waals surface area (Å²) in [6, 6.07) is 21.4. The molecule has 0 spiro atoms. The molecule has 0 unspecified atom stereocenters. The smallest absolute Gasteiger partial charge is 0.330 e. The van der Waals surface area contributed by atoms with Gasteiger partial charge in [-0.1, -0.05) is 0 Å². The van der Waals surface area contributed by atoms with Crippen LogP contribution in [0.3, 0.4) is 0 Å². The molecule has 0 radical (unpaired) electrons. The number of ether oxygens (including phenoxy) is 2. The van der Waals surface area contributed by atoms with E-state index in [0.29, 0.717) is 0 Å². The Bertz CT molecular complexity index is 1830. The van der Waals surface area contributed by atoms with Crippen molar-refractivity contribution in [3.8, 4) is 35.0 Å². The second kappa shape index (κ2) is 11.6. The van der Waals surface area contributed by atoms with Gasteiger partial charge in [-0.2, -0.15) is 9.97 Å². The molecule has 0 amide bonds. The van der Waals surface area contributed by atoms with Gasteiger partial charge in [0.15, 0.2) is 0 Å². The zero-order chi connectivity index (χ0) is 30.8. The highest BCUT2D eigenvalue weighted by Crippen LogP contribution is 2.29. The molecule has 0 fully saturated rings. The van der Waals surface area contributed by atoms with Crippen molar-refractivity contribution in [2.24, 2.45) is 0 Å². The zero-order valence-electron chi connectivity index (χ0n) is 22.7. The minimum absolute atomic E-state index is 0.0232. The summed E-state index contributed by atoms with van der Waals surface area (Å²) in [4.78, 5) is 14.4. The maximum Gasteiger partial charge on any atom is 0.330 e. The topological polar surface area (TPSA) is 169 Å². The van der Waals surface area contributed by atoms with Crippen LogP contribution < -0.4 is 14.4 Å². The van der Waals surface area contributed by atoms with Crippen LogP contribution in [0, 0.1) is 0 Å². The van der Waals surface area contributed by atoms with Crippen molar-refractivity contribution in [2.75, 3.05) is 19.0 Å². The van der Waals surface area contributed by atoms with Gasteiger partial charge in [0.25, 0.3) is 0 Å². The minimum atomic E-state index is -3.82. The lowest BCUT2D eigenvalue weighted by Crippen LogP contribution is -2.14. The highest BCUT2D eigenvalue weighted by atomic mass is 32.2. The number of phenols is 2. The van der Waals surface area contributed by atoms with Crippen LogP contribution in [0.4, 0.5) is 5.95 Å². The van der Waals surface area contributed by atoms with E-state index >= 15 is 0 Å². The number of hydrogen-bond acceptors (Lipinski definition) is 12. The number of sulfone groups is 2. The lowest BCUT2D eigenvalue weighted by atomic mass is 10.3. The van der Waals surface area contributed by atoms with Crippen molar-refractivity contribution in [1.29, 1.82) is 0 Å². The molecule has 0 saturated carbocycles. The fraction of sp³-hybridized carbons (Fsp3) is 0.0690. The molecule has 1 aromatic heterocycles. The predicted molar refractivity (Wildman–Crippen MR) is 154 cm³/mol. The van der Waals surface area contributed by atoms with E-state index in [1.807, 2.05) is 0 Å². The Balaban J connectivity index is 1.35. The summed E-state index contributed by atoms with van der Waals surface area (Å²) in [7, 11) is -4.23. The van der Waals surface area contributed by atoms with E-state index in [0.717, 1.165) is 0 Å². The van der Waals surface area contributed by atoms with Gasteiger partial charge in [-0.3, -0.25) is 0 Å². The summed E-state index contributed by atoms with van der Waals surface area (Å²) in [5.41, 5.74) is 0. The van der Waals surface area contributed by atoms with Crippen molar-refractivity contribution < 1.29 is 36.5 Å². The molecule has 0 bridgehead atoms. The third kappa shape index (κ3) is 6.50. The van der Waals surface area contributed by atoms with Crippen molar-refractivity contribution in [3.05, 3.63) is 97.1 Å². The zero-order valence-corrected chi connectivity index (χ0v) is 24.3. The van der Waals surface area contributed by atoms with Crippen molar-refractivity contribution in [2.45, 2.75) is 19.6 Å². The van der Waals surface area contributed by atoms with Gasteiger partial charge >= 0.3 is 12.0 Å². The largest absolute Gasteiger partial charge is 0.508 e. The van der Waals surface area contributed by atoms with Crippen LogP contribution in [0.2, 0.25) is 0 Å². The predicted octanol–water partition coefficient (Wildman–Crippen LogP) is 4.60. The Morgan fingerprint density at radius 1 is 0.512 bits per heavy atom. The number of hydrogen-bond donors (Lipinski definition) is 2. The molecule has 0 aliphatic heterocycles. The average Bonchev–Trinajstić information content (AvgIpc) is 2.98. The Morgan fingerprint density at radius 2 is 0.814 bits per heavy atom. The van der Waals surface area contributed by atoms with Gasteiger partial charge in [0.2, 0.25) is 25.6 Å². The number of aromatic nitrogens is 3. The number of rotatable bonds is 9. The van der Waals surface area contributed by atoms with Crippen LogP contribution in [-0.4, -0.2) is 56.1 Å². The van der Waals surface area contributed by atoms with Crippen LogP contribution >= 0.6 is 0 Å². The molecule has 5 aromatic rings. The fourth-order valence-corrected chi connectivity index (χ4v) is 6.25. The first-order valence-corrected chi connectivity index (χ1v) is 15.5. The third-order valence-corrected chi connectivity index (χ3v) is 9.53. The fourth-order valence-electron chi connectivity index (χ4n) is 3.73. The van der Waals surface area contributed by atoms with Crippen LogP contribution in [-0.2, 0) is 19.7 Å². The molecule has 2 N–H and O–H groups in total. The van der Waals surface area contributed by atoms with Crippen molar-refractivity contribution in [1.82, 2.24) is 15.0 Å². The highest BCUT2D eigenvalue weighted by molar-refractivity contribution is 7.91. The second-order valence-corrected chi connectivity index (χ2v) is 13.1. The van der Waals surface area contributed by atoms with Crippen LogP contribution in [0.15, 0.2) is 117 Å². The van der Waals surface area contributed by atoms with Crippen LogP contribution in [0.25, 0.3) is 0 Å². The van der Waals surface area contributed by atoms with E-state index in [-0.39, 0.29) is 60.5 Å². The van der Waals surface area contributed by atoms with Crippen LogP contribution in [0.1, 0.15) is 0 Å². The third-order valence-electron chi connectivity index (χ3n) is 5.96. The molecule has 0 aliphatic carbocycles.